The SMILES string of the molecule is CCNCc1cccc(F)c1OCc1ccccc1OC. The summed E-state index contributed by atoms with van der Waals surface area (Å²) in [5, 5.41) is 3.18. The van der Waals surface area contributed by atoms with Gasteiger partial charge in [-0.1, -0.05) is 37.3 Å². The lowest BCUT2D eigenvalue weighted by molar-refractivity contribution is 0.279. The number of nitrogens with one attached hydrogen (secondary N) is 1. The molecule has 0 fully saturated rings. The van der Waals surface area contributed by atoms with Crippen molar-refractivity contribution in [2.75, 3.05) is 13.7 Å². The Bertz CT molecular complexity index is 587. The van der Waals surface area contributed by atoms with E-state index in [0.29, 0.717) is 12.3 Å². The number of halogens is 1. The van der Waals surface area contributed by atoms with Crippen LogP contribution in [0.4, 0.5) is 4.39 Å². The van der Waals surface area contributed by atoms with Gasteiger partial charge in [-0.15, -0.1) is 0 Å². The molecule has 0 aliphatic rings. The third-order valence-corrected chi connectivity index (χ3v) is 3.18. The summed E-state index contributed by atoms with van der Waals surface area (Å²) in [5.41, 5.74) is 1.70. The van der Waals surface area contributed by atoms with Gasteiger partial charge in [-0.05, 0) is 18.7 Å². The Morgan fingerprint density at radius 1 is 1.05 bits per heavy atom. The smallest absolute Gasteiger partial charge is 0.165 e. The van der Waals surface area contributed by atoms with Crippen LogP contribution in [0.25, 0.3) is 0 Å². The first-order valence-electron chi connectivity index (χ1n) is 6.99. The van der Waals surface area contributed by atoms with Crippen molar-refractivity contribution < 1.29 is 13.9 Å². The molecule has 0 saturated heterocycles. The zero-order valence-corrected chi connectivity index (χ0v) is 12.4. The minimum Gasteiger partial charge on any atom is -0.496 e. The first-order chi connectivity index (χ1) is 10.3. The molecule has 2 rings (SSSR count). The van der Waals surface area contributed by atoms with Gasteiger partial charge in [0.05, 0.1) is 7.11 Å². The standard InChI is InChI=1S/C17H20FNO2/c1-3-19-11-13-8-6-9-15(18)17(13)21-12-14-7-4-5-10-16(14)20-2/h4-10,19H,3,11-12H2,1-2H3. The quantitative estimate of drug-likeness (QED) is 0.846. The van der Waals surface area contributed by atoms with Gasteiger partial charge >= 0.3 is 0 Å². The van der Waals surface area contributed by atoms with E-state index in [4.69, 9.17) is 9.47 Å². The van der Waals surface area contributed by atoms with Crippen LogP contribution in [-0.4, -0.2) is 13.7 Å². The predicted octanol–water partition coefficient (Wildman–Crippen LogP) is 3.52. The summed E-state index contributed by atoms with van der Waals surface area (Å²) in [6.45, 7) is 3.68. The molecule has 0 amide bonds. The van der Waals surface area contributed by atoms with E-state index in [1.54, 1.807) is 13.2 Å². The second kappa shape index (κ2) is 7.64. The second-order valence-corrected chi connectivity index (χ2v) is 4.61. The highest BCUT2D eigenvalue weighted by Crippen LogP contribution is 2.25. The highest BCUT2D eigenvalue weighted by atomic mass is 19.1. The Morgan fingerprint density at radius 3 is 2.57 bits per heavy atom. The topological polar surface area (TPSA) is 30.5 Å². The lowest BCUT2D eigenvalue weighted by Crippen LogP contribution is -2.13. The lowest BCUT2D eigenvalue weighted by atomic mass is 10.2. The third-order valence-electron chi connectivity index (χ3n) is 3.18. The maximum atomic E-state index is 14.0. The Balaban J connectivity index is 2.15. The minimum atomic E-state index is -0.347. The Hall–Kier alpha value is -2.07. The van der Waals surface area contributed by atoms with E-state index in [-0.39, 0.29) is 12.4 Å². The summed E-state index contributed by atoms with van der Waals surface area (Å²) >= 11 is 0. The van der Waals surface area contributed by atoms with E-state index in [2.05, 4.69) is 5.32 Å². The van der Waals surface area contributed by atoms with Gasteiger partial charge in [0.2, 0.25) is 0 Å². The number of ether oxygens (including phenoxy) is 2. The van der Waals surface area contributed by atoms with Crippen LogP contribution in [0.3, 0.4) is 0 Å². The van der Waals surface area contributed by atoms with Crippen molar-refractivity contribution in [2.24, 2.45) is 0 Å². The van der Waals surface area contributed by atoms with Crippen LogP contribution in [-0.2, 0) is 13.2 Å². The van der Waals surface area contributed by atoms with Gasteiger partial charge in [-0.25, -0.2) is 4.39 Å². The van der Waals surface area contributed by atoms with E-state index in [1.807, 2.05) is 37.3 Å². The number of para-hydroxylation sites is 2. The molecule has 1 N–H and O–H groups in total. The monoisotopic (exact) mass is 289 g/mol. The van der Waals surface area contributed by atoms with E-state index in [1.165, 1.54) is 6.07 Å². The van der Waals surface area contributed by atoms with Crippen LogP contribution >= 0.6 is 0 Å². The fourth-order valence-corrected chi connectivity index (χ4v) is 2.09. The number of hydrogen-bond donors (Lipinski definition) is 1. The van der Waals surface area contributed by atoms with Crippen LogP contribution in [0, 0.1) is 5.82 Å². The highest BCUT2D eigenvalue weighted by molar-refractivity contribution is 5.37. The molecule has 0 heterocycles. The molecule has 0 saturated carbocycles. The molecule has 4 heteroatoms. The van der Waals surface area contributed by atoms with Gasteiger partial charge in [0.1, 0.15) is 12.4 Å². The molecule has 2 aromatic rings. The van der Waals surface area contributed by atoms with E-state index in [9.17, 15) is 4.39 Å². The number of benzene rings is 2. The van der Waals surface area contributed by atoms with Gasteiger partial charge in [-0.2, -0.15) is 0 Å². The third kappa shape index (κ3) is 3.95. The summed E-state index contributed by atoms with van der Waals surface area (Å²) < 4.78 is 25.0. The van der Waals surface area contributed by atoms with Gasteiger partial charge in [0, 0.05) is 17.7 Å². The summed E-state index contributed by atoms with van der Waals surface area (Å²) in [7, 11) is 1.61. The van der Waals surface area contributed by atoms with E-state index < -0.39 is 0 Å². The Kier molecular flexibility index (Phi) is 5.58. The van der Waals surface area contributed by atoms with Crippen LogP contribution < -0.4 is 14.8 Å². The minimum absolute atomic E-state index is 0.268. The molecule has 0 radical (unpaired) electrons. The normalized spacial score (nSPS) is 10.4. The summed E-state index contributed by atoms with van der Waals surface area (Å²) in [6.07, 6.45) is 0. The summed E-state index contributed by atoms with van der Waals surface area (Å²) in [5.74, 6) is 0.687. The first kappa shape index (κ1) is 15.3. The van der Waals surface area contributed by atoms with E-state index in [0.717, 1.165) is 23.4 Å². The average Bonchev–Trinajstić information content (AvgIpc) is 2.52. The molecule has 21 heavy (non-hydrogen) atoms. The van der Waals surface area contributed by atoms with Crippen molar-refractivity contribution in [1.82, 2.24) is 5.32 Å². The zero-order chi connectivity index (χ0) is 15.1. The predicted molar refractivity (Wildman–Crippen MR) is 81.1 cm³/mol. The van der Waals surface area contributed by atoms with Crippen LogP contribution in [0.2, 0.25) is 0 Å². The molecular formula is C17H20FNO2. The molecule has 3 nitrogen and oxygen atoms in total. The maximum absolute atomic E-state index is 14.0. The van der Waals surface area contributed by atoms with Crippen molar-refractivity contribution in [3.8, 4) is 11.5 Å². The Labute approximate surface area is 124 Å². The van der Waals surface area contributed by atoms with Gasteiger partial charge < -0.3 is 14.8 Å². The molecule has 0 bridgehead atoms. The van der Waals surface area contributed by atoms with Crippen LogP contribution in [0.15, 0.2) is 42.5 Å². The molecule has 0 aliphatic heterocycles. The van der Waals surface area contributed by atoms with Crippen LogP contribution in [0.5, 0.6) is 11.5 Å². The molecule has 0 aliphatic carbocycles. The Morgan fingerprint density at radius 2 is 1.81 bits per heavy atom. The number of methoxy groups -OCH3 is 1. The maximum Gasteiger partial charge on any atom is 0.165 e. The fraction of sp³-hybridized carbons (Fsp3) is 0.294. The van der Waals surface area contributed by atoms with Crippen molar-refractivity contribution >= 4 is 0 Å². The summed E-state index contributed by atoms with van der Waals surface area (Å²) in [4.78, 5) is 0. The molecule has 112 valence electrons. The molecule has 0 spiro atoms. The zero-order valence-electron chi connectivity index (χ0n) is 12.4. The molecule has 0 unspecified atom stereocenters. The number of rotatable bonds is 7. The second-order valence-electron chi connectivity index (χ2n) is 4.61. The van der Waals surface area contributed by atoms with Gasteiger partial charge in [-0.3, -0.25) is 0 Å². The number of hydrogen-bond acceptors (Lipinski definition) is 3. The molecule has 0 atom stereocenters. The molecule has 2 aromatic carbocycles. The van der Waals surface area contributed by atoms with Gasteiger partial charge in [0.25, 0.3) is 0 Å². The van der Waals surface area contributed by atoms with Crippen molar-refractivity contribution in [1.29, 1.82) is 0 Å². The van der Waals surface area contributed by atoms with E-state index >= 15 is 0 Å². The van der Waals surface area contributed by atoms with Gasteiger partial charge in [0.15, 0.2) is 11.6 Å². The van der Waals surface area contributed by atoms with Crippen LogP contribution in [0.1, 0.15) is 18.1 Å². The highest BCUT2D eigenvalue weighted by Gasteiger charge is 2.11. The van der Waals surface area contributed by atoms with Crippen molar-refractivity contribution in [2.45, 2.75) is 20.1 Å². The molecule has 0 aromatic heterocycles. The fourth-order valence-electron chi connectivity index (χ4n) is 2.09. The largest absolute Gasteiger partial charge is 0.496 e. The van der Waals surface area contributed by atoms with Crippen molar-refractivity contribution in [3.63, 3.8) is 0 Å². The van der Waals surface area contributed by atoms with Crippen molar-refractivity contribution in [3.05, 3.63) is 59.4 Å². The molecular weight excluding hydrogens is 269 g/mol. The lowest BCUT2D eigenvalue weighted by Gasteiger charge is -2.14. The summed E-state index contributed by atoms with van der Waals surface area (Å²) in [6, 6.07) is 12.5. The average molecular weight is 289 g/mol. The first-order valence-corrected chi connectivity index (χ1v) is 6.99.